The fraction of sp³-hybridized carbons (Fsp3) is 0.294. The van der Waals surface area contributed by atoms with Crippen molar-refractivity contribution in [3.05, 3.63) is 45.9 Å². The summed E-state index contributed by atoms with van der Waals surface area (Å²) in [6, 6.07) is 8.75. The molecule has 0 aliphatic heterocycles. The molecule has 24 heavy (non-hydrogen) atoms. The van der Waals surface area contributed by atoms with Crippen LogP contribution in [0.4, 0.5) is 5.69 Å². The number of anilines is 1. The van der Waals surface area contributed by atoms with Crippen LogP contribution in [0.3, 0.4) is 0 Å². The Morgan fingerprint density at radius 1 is 1.00 bits per heavy atom. The highest BCUT2D eigenvalue weighted by molar-refractivity contribution is 9.10. The van der Waals surface area contributed by atoms with Crippen LogP contribution in [-0.2, 0) is 10.0 Å². The average Bonchev–Trinajstić information content (AvgIpc) is 2.55. The molecule has 130 valence electrons. The van der Waals surface area contributed by atoms with Crippen molar-refractivity contribution in [2.24, 2.45) is 0 Å². The van der Waals surface area contributed by atoms with E-state index in [1.54, 1.807) is 13.1 Å². The summed E-state index contributed by atoms with van der Waals surface area (Å²) in [5, 5.41) is 0. The maximum Gasteiger partial charge on any atom is 0.265 e. The molecule has 0 unspecified atom stereocenters. The van der Waals surface area contributed by atoms with Gasteiger partial charge in [0, 0.05) is 17.6 Å². The highest BCUT2D eigenvalue weighted by Gasteiger charge is 2.27. The summed E-state index contributed by atoms with van der Waals surface area (Å²) < 4.78 is 38.3. The Labute approximate surface area is 151 Å². The lowest BCUT2D eigenvalue weighted by Gasteiger charge is -2.23. The summed E-state index contributed by atoms with van der Waals surface area (Å²) in [4.78, 5) is 0.114. The first kappa shape index (κ1) is 18.6. The van der Waals surface area contributed by atoms with Crippen molar-refractivity contribution in [3.8, 4) is 11.5 Å². The first-order chi connectivity index (χ1) is 11.2. The van der Waals surface area contributed by atoms with E-state index >= 15 is 0 Å². The number of hydrogen-bond acceptors (Lipinski definition) is 4. The van der Waals surface area contributed by atoms with E-state index in [9.17, 15) is 8.42 Å². The molecule has 0 saturated heterocycles. The minimum atomic E-state index is -3.77. The van der Waals surface area contributed by atoms with Crippen LogP contribution in [0.5, 0.6) is 11.5 Å². The van der Waals surface area contributed by atoms with E-state index in [1.807, 2.05) is 32.0 Å². The van der Waals surface area contributed by atoms with Crippen LogP contribution in [0.1, 0.15) is 11.1 Å². The molecule has 7 heteroatoms. The Hall–Kier alpha value is -1.73. The monoisotopic (exact) mass is 413 g/mol. The smallest absolute Gasteiger partial charge is 0.265 e. The van der Waals surface area contributed by atoms with E-state index in [1.165, 1.54) is 24.6 Å². The number of halogens is 1. The number of methoxy groups -OCH3 is 2. The van der Waals surface area contributed by atoms with Crippen molar-refractivity contribution in [2.75, 3.05) is 25.6 Å². The van der Waals surface area contributed by atoms with Gasteiger partial charge in [-0.25, -0.2) is 8.42 Å². The summed E-state index contributed by atoms with van der Waals surface area (Å²) in [7, 11) is 0.743. The summed E-state index contributed by atoms with van der Waals surface area (Å²) in [5.41, 5.74) is 2.50. The zero-order valence-corrected chi connectivity index (χ0v) is 16.7. The largest absolute Gasteiger partial charge is 0.493 e. The molecule has 2 aromatic rings. The van der Waals surface area contributed by atoms with Gasteiger partial charge >= 0.3 is 0 Å². The number of rotatable bonds is 5. The third-order valence-corrected chi connectivity index (χ3v) is 6.51. The normalized spacial score (nSPS) is 11.2. The lowest BCUT2D eigenvalue weighted by Crippen LogP contribution is -2.27. The van der Waals surface area contributed by atoms with Crippen molar-refractivity contribution < 1.29 is 17.9 Å². The molecule has 0 aromatic heterocycles. The average molecular weight is 414 g/mol. The predicted octanol–water partition coefficient (Wildman–Crippen LogP) is 3.91. The standard InChI is InChI=1S/C17H20BrNO4S/c1-11-6-7-12(2)14(8-11)19(3)24(20,21)17-10-16(23-5)15(22-4)9-13(17)18/h6-10H,1-5H3. The first-order valence-corrected chi connectivity index (χ1v) is 9.43. The van der Waals surface area contributed by atoms with Gasteiger partial charge in [-0.1, -0.05) is 12.1 Å². The van der Waals surface area contributed by atoms with Crippen molar-refractivity contribution >= 4 is 31.6 Å². The number of sulfonamides is 1. The Morgan fingerprint density at radius 2 is 1.58 bits per heavy atom. The summed E-state index contributed by atoms with van der Waals surface area (Å²) >= 11 is 3.32. The van der Waals surface area contributed by atoms with E-state index in [0.29, 0.717) is 21.7 Å². The predicted molar refractivity (Wildman–Crippen MR) is 98.8 cm³/mol. The van der Waals surface area contributed by atoms with Gasteiger partial charge in [-0.3, -0.25) is 4.31 Å². The fourth-order valence-corrected chi connectivity index (χ4v) is 4.62. The minimum Gasteiger partial charge on any atom is -0.493 e. The van der Waals surface area contributed by atoms with Crippen LogP contribution in [0, 0.1) is 13.8 Å². The molecule has 0 aliphatic carbocycles. The second-order valence-corrected chi connectivity index (χ2v) is 8.19. The van der Waals surface area contributed by atoms with Crippen molar-refractivity contribution in [1.29, 1.82) is 0 Å². The van der Waals surface area contributed by atoms with E-state index in [2.05, 4.69) is 15.9 Å². The minimum absolute atomic E-state index is 0.114. The Balaban J connectivity index is 2.60. The lowest BCUT2D eigenvalue weighted by molar-refractivity contribution is 0.353. The zero-order valence-electron chi connectivity index (χ0n) is 14.3. The molecular formula is C17H20BrNO4S. The number of hydrogen-bond donors (Lipinski definition) is 0. The highest BCUT2D eigenvalue weighted by Crippen LogP contribution is 2.37. The van der Waals surface area contributed by atoms with Crippen LogP contribution in [-0.4, -0.2) is 29.7 Å². The van der Waals surface area contributed by atoms with Gasteiger partial charge in [-0.2, -0.15) is 0 Å². The molecule has 0 spiro atoms. The first-order valence-electron chi connectivity index (χ1n) is 7.20. The van der Waals surface area contributed by atoms with E-state index < -0.39 is 10.0 Å². The van der Waals surface area contributed by atoms with Gasteiger partial charge in [0.25, 0.3) is 10.0 Å². The number of nitrogens with zero attached hydrogens (tertiary/aromatic N) is 1. The Bertz CT molecular complexity index is 865. The molecule has 0 aliphatic rings. The highest BCUT2D eigenvalue weighted by atomic mass is 79.9. The van der Waals surface area contributed by atoms with Gasteiger partial charge in [0.2, 0.25) is 0 Å². The maximum absolute atomic E-state index is 13.1. The quantitative estimate of drug-likeness (QED) is 0.745. The van der Waals surface area contributed by atoms with Gasteiger partial charge in [0.05, 0.1) is 19.9 Å². The molecule has 0 amide bonds. The van der Waals surface area contributed by atoms with E-state index in [4.69, 9.17) is 9.47 Å². The number of benzene rings is 2. The van der Waals surface area contributed by atoms with E-state index in [-0.39, 0.29) is 4.90 Å². The molecule has 0 bridgehead atoms. The molecule has 0 fully saturated rings. The summed E-state index contributed by atoms with van der Waals surface area (Å²) in [6.45, 7) is 3.81. The zero-order chi connectivity index (χ0) is 18.1. The SMILES string of the molecule is COc1cc(Br)c(S(=O)(=O)N(C)c2cc(C)ccc2C)cc1OC. The number of ether oxygens (including phenoxy) is 2. The Kier molecular flexibility index (Phi) is 5.45. The van der Waals surface area contributed by atoms with Crippen LogP contribution in [0.25, 0.3) is 0 Å². The van der Waals surface area contributed by atoms with Gasteiger partial charge in [0.15, 0.2) is 11.5 Å². The molecule has 0 atom stereocenters. The molecular weight excluding hydrogens is 394 g/mol. The van der Waals surface area contributed by atoms with Crippen molar-refractivity contribution in [1.82, 2.24) is 0 Å². The second kappa shape index (κ2) is 7.03. The van der Waals surface area contributed by atoms with Crippen molar-refractivity contribution in [3.63, 3.8) is 0 Å². The van der Waals surface area contributed by atoms with Gasteiger partial charge in [-0.15, -0.1) is 0 Å². The molecule has 0 saturated carbocycles. The van der Waals surface area contributed by atoms with Gasteiger partial charge in [0.1, 0.15) is 4.90 Å². The van der Waals surface area contributed by atoms with Crippen LogP contribution >= 0.6 is 15.9 Å². The molecule has 5 nitrogen and oxygen atoms in total. The maximum atomic E-state index is 13.1. The van der Waals surface area contributed by atoms with Crippen LogP contribution < -0.4 is 13.8 Å². The second-order valence-electron chi connectivity index (χ2n) is 5.40. The molecule has 0 N–H and O–H groups in total. The molecule has 0 radical (unpaired) electrons. The Morgan fingerprint density at radius 3 is 2.17 bits per heavy atom. The van der Waals surface area contributed by atoms with Gasteiger partial charge < -0.3 is 9.47 Å². The van der Waals surface area contributed by atoms with Crippen molar-refractivity contribution in [2.45, 2.75) is 18.7 Å². The summed E-state index contributed by atoms with van der Waals surface area (Å²) in [5.74, 6) is 0.811. The third-order valence-electron chi connectivity index (χ3n) is 3.78. The molecule has 2 aromatic carbocycles. The van der Waals surface area contributed by atoms with Gasteiger partial charge in [-0.05, 0) is 53.0 Å². The molecule has 0 heterocycles. The third kappa shape index (κ3) is 3.37. The van der Waals surface area contributed by atoms with E-state index in [0.717, 1.165) is 11.1 Å². The summed E-state index contributed by atoms with van der Waals surface area (Å²) in [6.07, 6.45) is 0. The fourth-order valence-electron chi connectivity index (χ4n) is 2.37. The topological polar surface area (TPSA) is 55.8 Å². The van der Waals surface area contributed by atoms with Crippen LogP contribution in [0.2, 0.25) is 0 Å². The number of aryl methyl sites for hydroxylation is 2. The lowest BCUT2D eigenvalue weighted by atomic mass is 10.1. The van der Waals surface area contributed by atoms with Crippen LogP contribution in [0.15, 0.2) is 39.7 Å². The molecule has 2 rings (SSSR count).